The summed E-state index contributed by atoms with van der Waals surface area (Å²) in [6.45, 7) is 2.76. The molecular weight excluding hydrogens is 314 g/mol. The molecule has 3 amide bonds. The second kappa shape index (κ2) is 9.07. The van der Waals surface area contributed by atoms with Crippen LogP contribution in [0.3, 0.4) is 0 Å². The number of nitrogens with zero attached hydrogens (tertiary/aromatic N) is 2. The first-order valence-electron chi connectivity index (χ1n) is 7.98. The predicted octanol–water partition coefficient (Wildman–Crippen LogP) is 0.107. The zero-order chi connectivity index (χ0) is 17.4. The Morgan fingerprint density at radius 3 is 2.54 bits per heavy atom. The quantitative estimate of drug-likeness (QED) is 0.563. The summed E-state index contributed by atoms with van der Waals surface area (Å²) >= 11 is 0. The van der Waals surface area contributed by atoms with Crippen LogP contribution in [0.15, 0.2) is 22.8 Å². The number of furan rings is 1. The predicted molar refractivity (Wildman–Crippen MR) is 85.3 cm³/mol. The van der Waals surface area contributed by atoms with Crippen LogP contribution in [0, 0.1) is 0 Å². The number of hydrogen-bond acceptors (Lipinski definition) is 5. The molecule has 1 aromatic heterocycles. The van der Waals surface area contributed by atoms with Crippen LogP contribution >= 0.6 is 0 Å². The van der Waals surface area contributed by atoms with Crippen molar-refractivity contribution in [3.8, 4) is 0 Å². The SMILES string of the molecule is COCCCNC(=O)CC(=O)N1CCN(C(=O)c2ccco2)CC1. The maximum atomic E-state index is 12.1. The minimum atomic E-state index is -0.287. The number of piperazine rings is 1. The number of methoxy groups -OCH3 is 1. The molecule has 1 N–H and O–H groups in total. The Hall–Kier alpha value is -2.35. The number of ether oxygens (including phenoxy) is 1. The maximum absolute atomic E-state index is 12.1. The van der Waals surface area contributed by atoms with Gasteiger partial charge in [0.05, 0.1) is 6.26 Å². The molecule has 1 saturated heterocycles. The van der Waals surface area contributed by atoms with Gasteiger partial charge in [-0.25, -0.2) is 0 Å². The lowest BCUT2D eigenvalue weighted by atomic mass is 10.2. The van der Waals surface area contributed by atoms with Gasteiger partial charge in [0.1, 0.15) is 6.42 Å². The first-order valence-corrected chi connectivity index (χ1v) is 7.98. The van der Waals surface area contributed by atoms with Crippen LogP contribution in [-0.4, -0.2) is 74.0 Å². The van der Waals surface area contributed by atoms with Crippen molar-refractivity contribution in [2.75, 3.05) is 46.4 Å². The highest BCUT2D eigenvalue weighted by molar-refractivity contribution is 5.97. The van der Waals surface area contributed by atoms with E-state index in [0.717, 1.165) is 0 Å². The van der Waals surface area contributed by atoms with E-state index in [9.17, 15) is 14.4 Å². The van der Waals surface area contributed by atoms with Crippen LogP contribution in [-0.2, 0) is 14.3 Å². The number of rotatable bonds is 7. The molecule has 0 unspecified atom stereocenters. The van der Waals surface area contributed by atoms with E-state index in [-0.39, 0.29) is 24.1 Å². The third-order valence-electron chi connectivity index (χ3n) is 3.81. The van der Waals surface area contributed by atoms with Crippen molar-refractivity contribution in [2.45, 2.75) is 12.8 Å². The van der Waals surface area contributed by atoms with Crippen LogP contribution < -0.4 is 5.32 Å². The summed E-state index contributed by atoms with van der Waals surface area (Å²) in [6, 6.07) is 3.28. The van der Waals surface area contributed by atoms with Gasteiger partial charge in [-0.3, -0.25) is 14.4 Å². The Kier molecular flexibility index (Phi) is 6.80. The van der Waals surface area contributed by atoms with Crippen LogP contribution in [0.25, 0.3) is 0 Å². The van der Waals surface area contributed by atoms with Crippen molar-refractivity contribution in [1.29, 1.82) is 0 Å². The fourth-order valence-electron chi connectivity index (χ4n) is 2.47. The number of nitrogens with one attached hydrogen (secondary N) is 1. The van der Waals surface area contributed by atoms with Crippen molar-refractivity contribution in [3.05, 3.63) is 24.2 Å². The summed E-state index contributed by atoms with van der Waals surface area (Å²) < 4.78 is 9.99. The van der Waals surface area contributed by atoms with Gasteiger partial charge >= 0.3 is 0 Å². The summed E-state index contributed by atoms with van der Waals surface area (Å²) in [7, 11) is 1.60. The molecule has 2 heterocycles. The molecule has 0 aliphatic carbocycles. The molecule has 24 heavy (non-hydrogen) atoms. The number of carbonyl (C=O) groups is 3. The van der Waals surface area contributed by atoms with Crippen molar-refractivity contribution in [2.24, 2.45) is 0 Å². The van der Waals surface area contributed by atoms with Gasteiger partial charge in [0.25, 0.3) is 5.91 Å². The van der Waals surface area contributed by atoms with Crippen LogP contribution in [0.1, 0.15) is 23.4 Å². The molecule has 0 bridgehead atoms. The molecule has 1 aliphatic rings. The molecular formula is C16H23N3O5. The normalized spacial score (nSPS) is 14.5. The average Bonchev–Trinajstić information content (AvgIpc) is 3.13. The van der Waals surface area contributed by atoms with E-state index in [4.69, 9.17) is 9.15 Å². The van der Waals surface area contributed by atoms with Crippen LogP contribution in [0.5, 0.6) is 0 Å². The zero-order valence-corrected chi connectivity index (χ0v) is 13.8. The van der Waals surface area contributed by atoms with Crippen molar-refractivity contribution >= 4 is 17.7 Å². The van der Waals surface area contributed by atoms with Gasteiger partial charge in [-0.1, -0.05) is 0 Å². The average molecular weight is 337 g/mol. The summed E-state index contributed by atoms with van der Waals surface area (Å²) in [5.41, 5.74) is 0. The zero-order valence-electron chi connectivity index (χ0n) is 13.8. The molecule has 0 atom stereocenters. The number of carbonyl (C=O) groups excluding carboxylic acids is 3. The minimum absolute atomic E-state index is 0.168. The Balaban J connectivity index is 1.70. The Morgan fingerprint density at radius 2 is 1.92 bits per heavy atom. The number of hydrogen-bond donors (Lipinski definition) is 1. The van der Waals surface area contributed by atoms with E-state index < -0.39 is 0 Å². The van der Waals surface area contributed by atoms with E-state index in [0.29, 0.717) is 51.5 Å². The second-order valence-electron chi connectivity index (χ2n) is 5.52. The van der Waals surface area contributed by atoms with E-state index >= 15 is 0 Å². The van der Waals surface area contributed by atoms with Crippen LogP contribution in [0.2, 0.25) is 0 Å². The van der Waals surface area contributed by atoms with E-state index in [1.54, 1.807) is 29.0 Å². The van der Waals surface area contributed by atoms with Gasteiger partial charge in [0, 0.05) is 46.4 Å². The number of amides is 3. The van der Waals surface area contributed by atoms with Gasteiger partial charge < -0.3 is 24.3 Å². The second-order valence-corrected chi connectivity index (χ2v) is 5.52. The highest BCUT2D eigenvalue weighted by Crippen LogP contribution is 2.10. The maximum Gasteiger partial charge on any atom is 0.289 e. The van der Waals surface area contributed by atoms with Crippen molar-refractivity contribution < 1.29 is 23.5 Å². The van der Waals surface area contributed by atoms with E-state index in [1.165, 1.54) is 6.26 Å². The summed E-state index contributed by atoms with van der Waals surface area (Å²) in [6.07, 6.45) is 2.00. The monoisotopic (exact) mass is 337 g/mol. The van der Waals surface area contributed by atoms with Gasteiger partial charge in [0.2, 0.25) is 11.8 Å². The molecule has 8 nitrogen and oxygen atoms in total. The first kappa shape index (κ1) is 18.0. The lowest BCUT2D eigenvalue weighted by molar-refractivity contribution is -0.137. The van der Waals surface area contributed by atoms with Crippen LogP contribution in [0.4, 0.5) is 0 Å². The smallest absolute Gasteiger partial charge is 0.289 e. The fraction of sp³-hybridized carbons (Fsp3) is 0.562. The van der Waals surface area contributed by atoms with Crippen molar-refractivity contribution in [3.63, 3.8) is 0 Å². The molecule has 2 rings (SSSR count). The molecule has 1 fully saturated rings. The molecule has 0 spiro atoms. The van der Waals surface area contributed by atoms with Gasteiger partial charge in [0.15, 0.2) is 5.76 Å². The summed E-state index contributed by atoms with van der Waals surface area (Å²) in [4.78, 5) is 39.2. The molecule has 132 valence electrons. The molecule has 0 saturated carbocycles. The van der Waals surface area contributed by atoms with Gasteiger partial charge in [-0.15, -0.1) is 0 Å². The summed E-state index contributed by atoms with van der Waals surface area (Å²) in [5.74, 6) is -0.386. The highest BCUT2D eigenvalue weighted by atomic mass is 16.5. The Morgan fingerprint density at radius 1 is 1.21 bits per heavy atom. The Labute approximate surface area is 140 Å². The van der Waals surface area contributed by atoms with Crippen molar-refractivity contribution in [1.82, 2.24) is 15.1 Å². The van der Waals surface area contributed by atoms with E-state index in [1.807, 2.05) is 0 Å². The Bertz CT molecular complexity index is 550. The standard InChI is InChI=1S/C16H23N3O5/c1-23-10-3-5-17-14(20)12-15(21)18-6-8-19(9-7-18)16(22)13-4-2-11-24-13/h2,4,11H,3,5-10,12H2,1H3,(H,17,20). The van der Waals surface area contributed by atoms with E-state index in [2.05, 4.69) is 5.32 Å². The molecule has 0 radical (unpaired) electrons. The minimum Gasteiger partial charge on any atom is -0.459 e. The summed E-state index contributed by atoms with van der Waals surface area (Å²) in [5, 5.41) is 2.69. The third kappa shape index (κ3) is 5.09. The molecule has 1 aliphatic heterocycles. The van der Waals surface area contributed by atoms with Gasteiger partial charge in [-0.05, 0) is 18.6 Å². The highest BCUT2D eigenvalue weighted by Gasteiger charge is 2.26. The fourth-order valence-corrected chi connectivity index (χ4v) is 2.47. The lowest BCUT2D eigenvalue weighted by Crippen LogP contribution is -2.51. The van der Waals surface area contributed by atoms with Gasteiger partial charge in [-0.2, -0.15) is 0 Å². The largest absolute Gasteiger partial charge is 0.459 e. The third-order valence-corrected chi connectivity index (χ3v) is 3.81. The first-order chi connectivity index (χ1) is 11.6. The molecule has 0 aromatic carbocycles. The lowest BCUT2D eigenvalue weighted by Gasteiger charge is -2.34. The molecule has 8 heteroatoms. The molecule has 1 aromatic rings. The topological polar surface area (TPSA) is 92.1 Å².